The Bertz CT molecular complexity index is 718. The number of para-hydroxylation sites is 1. The van der Waals surface area contributed by atoms with Crippen LogP contribution in [0.4, 0.5) is 5.69 Å². The van der Waals surface area contributed by atoms with Crippen molar-refractivity contribution in [2.45, 2.75) is 13.8 Å². The summed E-state index contributed by atoms with van der Waals surface area (Å²) in [6.45, 7) is 3.99. The van der Waals surface area contributed by atoms with Crippen LogP contribution in [0.25, 0.3) is 6.08 Å². The third-order valence-corrected chi connectivity index (χ3v) is 3.19. The molecular weight excluding hydrogens is 290 g/mol. The van der Waals surface area contributed by atoms with E-state index in [0.717, 1.165) is 11.3 Å². The smallest absolute Gasteiger partial charge is 0.248 e. The lowest BCUT2D eigenvalue weighted by Gasteiger charge is -2.06. The van der Waals surface area contributed by atoms with Crippen molar-refractivity contribution < 1.29 is 14.3 Å². The Morgan fingerprint density at radius 1 is 1.09 bits per heavy atom. The van der Waals surface area contributed by atoms with Crippen LogP contribution in [0, 0.1) is 0 Å². The van der Waals surface area contributed by atoms with Crippen LogP contribution in [-0.2, 0) is 4.79 Å². The molecule has 0 aliphatic carbocycles. The van der Waals surface area contributed by atoms with Gasteiger partial charge in [-0.25, -0.2) is 0 Å². The number of amides is 1. The first-order valence-electron chi connectivity index (χ1n) is 7.42. The second-order valence-corrected chi connectivity index (χ2v) is 4.93. The van der Waals surface area contributed by atoms with Gasteiger partial charge in [0.15, 0.2) is 5.78 Å². The van der Waals surface area contributed by atoms with Crippen molar-refractivity contribution in [1.82, 2.24) is 0 Å². The van der Waals surface area contributed by atoms with Crippen molar-refractivity contribution in [3.63, 3.8) is 0 Å². The van der Waals surface area contributed by atoms with E-state index in [2.05, 4.69) is 5.32 Å². The highest BCUT2D eigenvalue weighted by atomic mass is 16.5. The Hall–Kier alpha value is -2.88. The van der Waals surface area contributed by atoms with E-state index in [-0.39, 0.29) is 11.7 Å². The van der Waals surface area contributed by atoms with Gasteiger partial charge in [-0.15, -0.1) is 0 Å². The Kier molecular flexibility index (Phi) is 5.69. The molecule has 0 aromatic heterocycles. The molecular formula is C19H19NO3. The zero-order valence-corrected chi connectivity index (χ0v) is 13.2. The van der Waals surface area contributed by atoms with E-state index in [4.69, 9.17) is 4.74 Å². The van der Waals surface area contributed by atoms with Crippen LogP contribution < -0.4 is 10.1 Å². The summed E-state index contributed by atoms with van der Waals surface area (Å²) in [6, 6.07) is 14.3. The highest BCUT2D eigenvalue weighted by molar-refractivity contribution is 6.02. The zero-order valence-electron chi connectivity index (χ0n) is 13.2. The number of carbonyl (C=O) groups is 2. The molecule has 4 heteroatoms. The summed E-state index contributed by atoms with van der Waals surface area (Å²) in [5, 5.41) is 2.75. The lowest BCUT2D eigenvalue weighted by Crippen LogP contribution is -2.08. The SMILES string of the molecule is CCOc1ccccc1C=CC(=O)Nc1ccc(C(C)=O)cc1. The number of nitrogens with one attached hydrogen (secondary N) is 1. The maximum atomic E-state index is 12.0. The predicted octanol–water partition coefficient (Wildman–Crippen LogP) is 3.94. The standard InChI is InChI=1S/C19H19NO3/c1-3-23-18-7-5-4-6-16(18)10-13-19(22)20-17-11-8-15(9-12-17)14(2)21/h4-13H,3H2,1-2H3,(H,20,22). The van der Waals surface area contributed by atoms with Gasteiger partial charge in [-0.3, -0.25) is 9.59 Å². The largest absolute Gasteiger partial charge is 0.493 e. The normalized spacial score (nSPS) is 10.5. The second-order valence-electron chi connectivity index (χ2n) is 4.93. The van der Waals surface area contributed by atoms with E-state index in [0.29, 0.717) is 17.9 Å². The fourth-order valence-corrected chi connectivity index (χ4v) is 2.04. The van der Waals surface area contributed by atoms with Gasteiger partial charge in [0.1, 0.15) is 5.75 Å². The number of hydrogen-bond donors (Lipinski definition) is 1. The molecule has 0 heterocycles. The monoisotopic (exact) mass is 309 g/mol. The summed E-state index contributed by atoms with van der Waals surface area (Å²) in [5.41, 5.74) is 2.10. The molecule has 0 saturated carbocycles. The molecule has 0 atom stereocenters. The third kappa shape index (κ3) is 4.81. The first-order chi connectivity index (χ1) is 11.1. The number of ketones is 1. The van der Waals surface area contributed by atoms with E-state index in [9.17, 15) is 9.59 Å². The molecule has 1 amide bonds. The average molecular weight is 309 g/mol. The van der Waals surface area contributed by atoms with Gasteiger partial charge >= 0.3 is 0 Å². The van der Waals surface area contributed by atoms with Gasteiger partial charge in [0.2, 0.25) is 5.91 Å². The number of rotatable bonds is 6. The van der Waals surface area contributed by atoms with Crippen LogP contribution >= 0.6 is 0 Å². The first kappa shape index (κ1) is 16.5. The summed E-state index contributed by atoms with van der Waals surface area (Å²) >= 11 is 0. The maximum Gasteiger partial charge on any atom is 0.248 e. The van der Waals surface area contributed by atoms with Gasteiger partial charge < -0.3 is 10.1 Å². The predicted molar refractivity (Wildman–Crippen MR) is 91.7 cm³/mol. The second kappa shape index (κ2) is 7.94. The number of benzene rings is 2. The molecule has 118 valence electrons. The highest BCUT2D eigenvalue weighted by Gasteiger charge is 2.02. The van der Waals surface area contributed by atoms with Crippen molar-refractivity contribution in [2.75, 3.05) is 11.9 Å². The van der Waals surface area contributed by atoms with Crippen LogP contribution in [0.1, 0.15) is 29.8 Å². The molecule has 0 aliphatic heterocycles. The fraction of sp³-hybridized carbons (Fsp3) is 0.158. The number of Topliss-reactive ketones (excluding diaryl/α,β-unsaturated/α-hetero) is 1. The molecule has 2 aromatic carbocycles. The molecule has 0 unspecified atom stereocenters. The first-order valence-corrected chi connectivity index (χ1v) is 7.42. The van der Waals surface area contributed by atoms with Crippen LogP contribution in [0.2, 0.25) is 0 Å². The number of hydrogen-bond acceptors (Lipinski definition) is 3. The van der Waals surface area contributed by atoms with E-state index in [1.165, 1.54) is 13.0 Å². The van der Waals surface area contributed by atoms with Gasteiger partial charge in [-0.1, -0.05) is 18.2 Å². The van der Waals surface area contributed by atoms with Gasteiger partial charge in [-0.05, 0) is 50.3 Å². The lowest BCUT2D eigenvalue weighted by atomic mass is 10.1. The van der Waals surface area contributed by atoms with E-state index in [1.54, 1.807) is 30.3 Å². The Morgan fingerprint density at radius 2 is 1.78 bits per heavy atom. The van der Waals surface area contributed by atoms with Crippen molar-refractivity contribution in [3.8, 4) is 5.75 Å². The third-order valence-electron chi connectivity index (χ3n) is 3.19. The van der Waals surface area contributed by atoms with Crippen molar-refractivity contribution in [2.24, 2.45) is 0 Å². The molecule has 2 aromatic rings. The van der Waals surface area contributed by atoms with Crippen molar-refractivity contribution in [1.29, 1.82) is 0 Å². The zero-order chi connectivity index (χ0) is 16.7. The topological polar surface area (TPSA) is 55.4 Å². The Labute approximate surface area is 135 Å². The van der Waals surface area contributed by atoms with Crippen LogP contribution in [0.5, 0.6) is 5.75 Å². The lowest BCUT2D eigenvalue weighted by molar-refractivity contribution is -0.111. The van der Waals surface area contributed by atoms with Gasteiger partial charge in [0.25, 0.3) is 0 Å². The Morgan fingerprint density at radius 3 is 2.43 bits per heavy atom. The quantitative estimate of drug-likeness (QED) is 0.649. The molecule has 0 spiro atoms. The van der Waals surface area contributed by atoms with Crippen LogP contribution in [0.3, 0.4) is 0 Å². The van der Waals surface area contributed by atoms with E-state index < -0.39 is 0 Å². The molecule has 0 saturated heterocycles. The number of carbonyl (C=O) groups excluding carboxylic acids is 2. The summed E-state index contributed by atoms with van der Waals surface area (Å²) in [5.74, 6) is 0.493. The minimum Gasteiger partial charge on any atom is -0.493 e. The molecule has 23 heavy (non-hydrogen) atoms. The van der Waals surface area contributed by atoms with Gasteiger partial charge in [0, 0.05) is 22.9 Å². The molecule has 0 fully saturated rings. The highest BCUT2D eigenvalue weighted by Crippen LogP contribution is 2.19. The van der Waals surface area contributed by atoms with Crippen LogP contribution in [0.15, 0.2) is 54.6 Å². The van der Waals surface area contributed by atoms with Crippen molar-refractivity contribution in [3.05, 3.63) is 65.7 Å². The summed E-state index contributed by atoms with van der Waals surface area (Å²) in [4.78, 5) is 23.2. The minimum absolute atomic E-state index is 0.00435. The summed E-state index contributed by atoms with van der Waals surface area (Å²) in [6.07, 6.45) is 3.17. The minimum atomic E-state index is -0.244. The fourth-order valence-electron chi connectivity index (χ4n) is 2.04. The maximum absolute atomic E-state index is 12.0. The molecule has 2 rings (SSSR count). The summed E-state index contributed by atoms with van der Waals surface area (Å²) < 4.78 is 5.51. The van der Waals surface area contributed by atoms with E-state index in [1.807, 2.05) is 31.2 Å². The molecule has 1 N–H and O–H groups in total. The Balaban J connectivity index is 2.03. The molecule has 0 radical (unpaired) electrons. The molecule has 4 nitrogen and oxygen atoms in total. The molecule has 0 aliphatic rings. The summed E-state index contributed by atoms with van der Waals surface area (Å²) in [7, 11) is 0. The van der Waals surface area contributed by atoms with Gasteiger partial charge in [-0.2, -0.15) is 0 Å². The van der Waals surface area contributed by atoms with Crippen LogP contribution in [-0.4, -0.2) is 18.3 Å². The van der Waals surface area contributed by atoms with E-state index >= 15 is 0 Å². The number of anilines is 1. The average Bonchev–Trinajstić information content (AvgIpc) is 2.55. The van der Waals surface area contributed by atoms with Crippen molar-refractivity contribution >= 4 is 23.5 Å². The number of ether oxygens (including phenoxy) is 1. The molecule has 0 bridgehead atoms. The van der Waals surface area contributed by atoms with Gasteiger partial charge in [0.05, 0.1) is 6.61 Å².